The fourth-order valence-corrected chi connectivity index (χ4v) is 3.31. The molecule has 2 aliphatic heterocycles. The van der Waals surface area contributed by atoms with Gasteiger partial charge in [0.1, 0.15) is 5.75 Å². The molecular formula is C17H24N2O3. The van der Waals surface area contributed by atoms with E-state index in [0.717, 1.165) is 42.9 Å². The summed E-state index contributed by atoms with van der Waals surface area (Å²) in [6.07, 6.45) is 1.71. The standard InChI is InChI=1S/C17H24N2O3/c1-3-14-17(21)19(2)13-10-12(4-5-15(13)22-14)16(20)11-6-8-18-9-7-11/h4-5,10-11,14,16,18,20H,3,6-9H2,1-2H3. The van der Waals surface area contributed by atoms with Crippen molar-refractivity contribution >= 4 is 11.6 Å². The second kappa shape index (κ2) is 6.26. The topological polar surface area (TPSA) is 61.8 Å². The van der Waals surface area contributed by atoms with Crippen LogP contribution >= 0.6 is 0 Å². The molecule has 5 nitrogen and oxygen atoms in total. The van der Waals surface area contributed by atoms with E-state index >= 15 is 0 Å². The highest BCUT2D eigenvalue weighted by molar-refractivity contribution is 5.99. The summed E-state index contributed by atoms with van der Waals surface area (Å²) >= 11 is 0. The van der Waals surface area contributed by atoms with Gasteiger partial charge in [-0.1, -0.05) is 13.0 Å². The number of likely N-dealkylation sites (N-methyl/N-ethyl adjacent to an activating group) is 1. The van der Waals surface area contributed by atoms with E-state index in [0.29, 0.717) is 6.42 Å². The lowest BCUT2D eigenvalue weighted by atomic mass is 9.88. The van der Waals surface area contributed by atoms with Gasteiger partial charge in [0.25, 0.3) is 5.91 Å². The molecule has 0 radical (unpaired) electrons. The van der Waals surface area contributed by atoms with Crippen molar-refractivity contribution in [2.24, 2.45) is 5.92 Å². The number of hydrogen-bond acceptors (Lipinski definition) is 4. The van der Waals surface area contributed by atoms with Crippen LogP contribution in [0, 0.1) is 5.92 Å². The van der Waals surface area contributed by atoms with Crippen LogP contribution in [0.1, 0.15) is 37.9 Å². The van der Waals surface area contributed by atoms with Crippen LogP contribution in [-0.4, -0.2) is 37.3 Å². The second-order valence-corrected chi connectivity index (χ2v) is 6.17. The third-order valence-corrected chi connectivity index (χ3v) is 4.76. The van der Waals surface area contributed by atoms with Crippen LogP contribution in [0.25, 0.3) is 0 Å². The minimum Gasteiger partial charge on any atom is -0.478 e. The normalized spacial score (nSPS) is 23.9. The molecule has 0 aliphatic carbocycles. The van der Waals surface area contributed by atoms with E-state index in [1.54, 1.807) is 11.9 Å². The number of piperidine rings is 1. The van der Waals surface area contributed by atoms with Gasteiger partial charge in [-0.25, -0.2) is 0 Å². The third-order valence-electron chi connectivity index (χ3n) is 4.76. The molecule has 2 unspecified atom stereocenters. The minimum absolute atomic E-state index is 0.0245. The minimum atomic E-state index is -0.486. The quantitative estimate of drug-likeness (QED) is 0.895. The van der Waals surface area contributed by atoms with Gasteiger partial charge in [-0.2, -0.15) is 0 Å². The number of nitrogens with zero attached hydrogens (tertiary/aromatic N) is 1. The Morgan fingerprint density at radius 3 is 2.82 bits per heavy atom. The zero-order chi connectivity index (χ0) is 15.7. The van der Waals surface area contributed by atoms with Crippen molar-refractivity contribution in [1.82, 2.24) is 5.32 Å². The van der Waals surface area contributed by atoms with E-state index in [9.17, 15) is 9.90 Å². The average molecular weight is 304 g/mol. The van der Waals surface area contributed by atoms with Crippen molar-refractivity contribution in [3.05, 3.63) is 23.8 Å². The Balaban J connectivity index is 1.85. The molecule has 2 N–H and O–H groups in total. The molecule has 1 fully saturated rings. The van der Waals surface area contributed by atoms with Gasteiger partial charge in [0, 0.05) is 7.05 Å². The Kier molecular flexibility index (Phi) is 4.36. The number of carbonyl (C=O) groups excluding carboxylic acids is 1. The smallest absolute Gasteiger partial charge is 0.267 e. The highest BCUT2D eigenvalue weighted by Crippen LogP contribution is 2.38. The van der Waals surface area contributed by atoms with Crippen LogP contribution in [0.5, 0.6) is 5.75 Å². The number of benzene rings is 1. The van der Waals surface area contributed by atoms with Gasteiger partial charge < -0.3 is 20.1 Å². The number of ether oxygens (including phenoxy) is 1. The molecule has 1 amide bonds. The number of fused-ring (bicyclic) bond motifs is 1. The molecule has 0 aromatic heterocycles. The lowest BCUT2D eigenvalue weighted by Crippen LogP contribution is -2.43. The van der Waals surface area contributed by atoms with Gasteiger partial charge in [0.2, 0.25) is 0 Å². The molecule has 2 atom stereocenters. The van der Waals surface area contributed by atoms with Gasteiger partial charge in [-0.05, 0) is 56.0 Å². The van der Waals surface area contributed by atoms with E-state index in [1.165, 1.54) is 0 Å². The third kappa shape index (κ3) is 2.71. The number of aliphatic hydroxyl groups excluding tert-OH is 1. The number of amides is 1. The molecule has 1 saturated heterocycles. The summed E-state index contributed by atoms with van der Waals surface area (Å²) in [5.41, 5.74) is 1.61. The first-order valence-corrected chi connectivity index (χ1v) is 8.08. The number of carbonyl (C=O) groups is 1. The highest BCUT2D eigenvalue weighted by atomic mass is 16.5. The van der Waals surface area contributed by atoms with Gasteiger partial charge in [-0.15, -0.1) is 0 Å². The Morgan fingerprint density at radius 1 is 1.41 bits per heavy atom. The summed E-state index contributed by atoms with van der Waals surface area (Å²) in [4.78, 5) is 13.9. The summed E-state index contributed by atoms with van der Waals surface area (Å²) in [7, 11) is 1.77. The monoisotopic (exact) mass is 304 g/mol. The molecule has 0 bridgehead atoms. The molecular weight excluding hydrogens is 280 g/mol. The molecule has 2 heterocycles. The summed E-state index contributed by atoms with van der Waals surface area (Å²) < 4.78 is 5.76. The fraction of sp³-hybridized carbons (Fsp3) is 0.588. The largest absolute Gasteiger partial charge is 0.478 e. The lowest BCUT2D eigenvalue weighted by molar-refractivity contribution is -0.126. The van der Waals surface area contributed by atoms with Crippen molar-refractivity contribution in [2.45, 2.75) is 38.4 Å². The molecule has 1 aromatic carbocycles. The molecule has 3 rings (SSSR count). The van der Waals surface area contributed by atoms with Crippen molar-refractivity contribution in [1.29, 1.82) is 0 Å². The predicted octanol–water partition coefficient (Wildman–Crippen LogP) is 1.85. The first kappa shape index (κ1) is 15.3. The Morgan fingerprint density at radius 2 is 2.14 bits per heavy atom. The summed E-state index contributed by atoms with van der Waals surface area (Å²) in [6, 6.07) is 5.69. The summed E-state index contributed by atoms with van der Waals surface area (Å²) in [6.45, 7) is 3.84. The molecule has 22 heavy (non-hydrogen) atoms. The molecule has 1 aromatic rings. The van der Waals surface area contributed by atoms with Gasteiger partial charge >= 0.3 is 0 Å². The second-order valence-electron chi connectivity index (χ2n) is 6.17. The van der Waals surface area contributed by atoms with Crippen LogP contribution in [-0.2, 0) is 4.79 Å². The Labute approximate surface area is 131 Å². The van der Waals surface area contributed by atoms with Crippen molar-refractivity contribution in [2.75, 3.05) is 25.0 Å². The number of hydrogen-bond donors (Lipinski definition) is 2. The van der Waals surface area contributed by atoms with E-state index < -0.39 is 12.2 Å². The maximum Gasteiger partial charge on any atom is 0.267 e. The van der Waals surface area contributed by atoms with Crippen LogP contribution in [0.15, 0.2) is 18.2 Å². The van der Waals surface area contributed by atoms with E-state index in [1.807, 2.05) is 25.1 Å². The Bertz CT molecular complexity index is 555. The zero-order valence-corrected chi connectivity index (χ0v) is 13.2. The molecule has 120 valence electrons. The van der Waals surface area contributed by atoms with Crippen LogP contribution in [0.3, 0.4) is 0 Å². The molecule has 5 heteroatoms. The number of aliphatic hydroxyl groups is 1. The predicted molar refractivity (Wildman–Crippen MR) is 85.1 cm³/mol. The van der Waals surface area contributed by atoms with Gasteiger partial charge in [0.05, 0.1) is 11.8 Å². The van der Waals surface area contributed by atoms with Crippen molar-refractivity contribution < 1.29 is 14.6 Å². The Hall–Kier alpha value is -1.59. The van der Waals surface area contributed by atoms with E-state index in [2.05, 4.69) is 5.32 Å². The molecule has 2 aliphatic rings. The van der Waals surface area contributed by atoms with Crippen LogP contribution in [0.2, 0.25) is 0 Å². The molecule has 0 spiro atoms. The van der Waals surface area contributed by atoms with Crippen molar-refractivity contribution in [3.63, 3.8) is 0 Å². The SMILES string of the molecule is CCC1Oc2ccc(C(O)C3CCNCC3)cc2N(C)C1=O. The summed E-state index contributed by atoms with van der Waals surface area (Å²) in [5.74, 6) is 0.965. The zero-order valence-electron chi connectivity index (χ0n) is 13.2. The number of anilines is 1. The van der Waals surface area contributed by atoms with Crippen LogP contribution < -0.4 is 15.0 Å². The van der Waals surface area contributed by atoms with Crippen LogP contribution in [0.4, 0.5) is 5.69 Å². The van der Waals surface area contributed by atoms with E-state index in [4.69, 9.17) is 4.74 Å². The lowest BCUT2D eigenvalue weighted by Gasteiger charge is -2.33. The number of nitrogens with one attached hydrogen (secondary N) is 1. The molecule has 0 saturated carbocycles. The highest BCUT2D eigenvalue weighted by Gasteiger charge is 2.32. The first-order chi connectivity index (χ1) is 10.6. The maximum absolute atomic E-state index is 12.2. The number of rotatable bonds is 3. The van der Waals surface area contributed by atoms with Gasteiger partial charge in [-0.3, -0.25) is 4.79 Å². The van der Waals surface area contributed by atoms with Gasteiger partial charge in [0.15, 0.2) is 6.10 Å². The first-order valence-electron chi connectivity index (χ1n) is 8.08. The summed E-state index contributed by atoms with van der Waals surface area (Å²) in [5, 5.41) is 13.9. The average Bonchev–Trinajstić information content (AvgIpc) is 2.58. The van der Waals surface area contributed by atoms with E-state index in [-0.39, 0.29) is 11.8 Å². The maximum atomic E-state index is 12.2. The van der Waals surface area contributed by atoms with Crippen molar-refractivity contribution in [3.8, 4) is 5.75 Å². The fourth-order valence-electron chi connectivity index (χ4n) is 3.31.